The lowest BCUT2D eigenvalue weighted by Crippen LogP contribution is -2.47. The summed E-state index contributed by atoms with van der Waals surface area (Å²) < 4.78 is 23.2. The molecule has 0 spiro atoms. The second-order valence-electron chi connectivity index (χ2n) is 10.6. The zero-order chi connectivity index (χ0) is 29.1. The SMILES string of the molecule is O=C(N/N=C\c1cccc(Oc2ccccc2)c1)c1cn(C2CC2)c2cc(N3CCN(CCO)CC3)c(F)cc2c1=O. The summed E-state index contributed by atoms with van der Waals surface area (Å²) in [4.78, 5) is 30.6. The van der Waals surface area contributed by atoms with Crippen LogP contribution in [0, 0.1) is 5.82 Å². The monoisotopic (exact) mass is 569 g/mol. The summed E-state index contributed by atoms with van der Waals surface area (Å²) in [6, 6.07) is 19.8. The number of carbonyl (C=O) groups is 1. The Morgan fingerprint density at radius 1 is 1.02 bits per heavy atom. The Morgan fingerprint density at radius 2 is 1.79 bits per heavy atom. The van der Waals surface area contributed by atoms with Gasteiger partial charge in [0, 0.05) is 50.3 Å². The summed E-state index contributed by atoms with van der Waals surface area (Å²) in [6.07, 6.45) is 4.89. The third-order valence-electron chi connectivity index (χ3n) is 7.63. The molecule has 2 aliphatic rings. The first-order valence-electron chi connectivity index (χ1n) is 14.1. The quantitative estimate of drug-likeness (QED) is 0.232. The number of aliphatic hydroxyl groups is 1. The van der Waals surface area contributed by atoms with Crippen molar-refractivity contribution >= 4 is 28.7 Å². The first kappa shape index (κ1) is 27.6. The number of para-hydroxylation sites is 1. The first-order chi connectivity index (χ1) is 20.5. The second kappa shape index (κ2) is 12.1. The summed E-state index contributed by atoms with van der Waals surface area (Å²) in [6.45, 7) is 3.37. The van der Waals surface area contributed by atoms with Gasteiger partial charge < -0.3 is 19.3 Å². The van der Waals surface area contributed by atoms with Crippen molar-refractivity contribution in [2.45, 2.75) is 18.9 Å². The van der Waals surface area contributed by atoms with E-state index in [2.05, 4.69) is 15.4 Å². The second-order valence-corrected chi connectivity index (χ2v) is 10.6. The van der Waals surface area contributed by atoms with Crippen molar-refractivity contribution < 1.29 is 19.0 Å². The predicted octanol–water partition coefficient (Wildman–Crippen LogP) is 4.15. The number of ether oxygens (including phenoxy) is 1. The number of amides is 1. The number of fused-ring (bicyclic) bond motifs is 1. The minimum atomic E-state index is -0.659. The number of hydrogen-bond acceptors (Lipinski definition) is 7. The molecule has 1 saturated heterocycles. The third-order valence-corrected chi connectivity index (χ3v) is 7.63. The largest absolute Gasteiger partial charge is 0.457 e. The molecule has 10 heteroatoms. The number of rotatable bonds is 9. The van der Waals surface area contributed by atoms with Gasteiger partial charge >= 0.3 is 0 Å². The highest BCUT2D eigenvalue weighted by molar-refractivity contribution is 5.98. The Kier molecular flexibility index (Phi) is 7.98. The first-order valence-corrected chi connectivity index (χ1v) is 14.1. The van der Waals surface area contributed by atoms with E-state index in [1.807, 2.05) is 58.0 Å². The fourth-order valence-corrected chi connectivity index (χ4v) is 5.28. The van der Waals surface area contributed by atoms with Crippen LogP contribution in [0.3, 0.4) is 0 Å². The Labute approximate surface area is 242 Å². The van der Waals surface area contributed by atoms with Crippen molar-refractivity contribution in [1.29, 1.82) is 0 Å². The highest BCUT2D eigenvalue weighted by Gasteiger charge is 2.28. The van der Waals surface area contributed by atoms with Crippen molar-refractivity contribution in [3.63, 3.8) is 0 Å². The van der Waals surface area contributed by atoms with Crippen LogP contribution >= 0.6 is 0 Å². The zero-order valence-corrected chi connectivity index (χ0v) is 23.1. The van der Waals surface area contributed by atoms with E-state index in [-0.39, 0.29) is 23.6 Å². The van der Waals surface area contributed by atoms with E-state index >= 15 is 4.39 Å². The number of pyridine rings is 1. The smallest absolute Gasteiger partial charge is 0.276 e. The summed E-state index contributed by atoms with van der Waals surface area (Å²) in [5, 5.41) is 13.4. The van der Waals surface area contributed by atoms with E-state index in [9.17, 15) is 14.7 Å². The van der Waals surface area contributed by atoms with Crippen LogP contribution in [0.25, 0.3) is 10.9 Å². The van der Waals surface area contributed by atoms with E-state index in [1.165, 1.54) is 12.3 Å². The van der Waals surface area contributed by atoms with Crippen LogP contribution in [0.4, 0.5) is 10.1 Å². The van der Waals surface area contributed by atoms with Gasteiger partial charge in [0.25, 0.3) is 5.91 Å². The molecular formula is C32H32FN5O4. The summed E-state index contributed by atoms with van der Waals surface area (Å²) in [5.74, 6) is 0.165. The maximum atomic E-state index is 15.4. The molecule has 2 N–H and O–H groups in total. The number of hydrogen-bond donors (Lipinski definition) is 2. The van der Waals surface area contributed by atoms with Crippen LogP contribution < -0.4 is 20.5 Å². The Morgan fingerprint density at radius 3 is 2.52 bits per heavy atom. The molecule has 216 valence electrons. The molecule has 4 aromatic rings. The van der Waals surface area contributed by atoms with Gasteiger partial charge in [0.2, 0.25) is 5.43 Å². The van der Waals surface area contributed by atoms with Crippen LogP contribution in [0.15, 0.2) is 82.8 Å². The van der Waals surface area contributed by atoms with Gasteiger partial charge in [-0.15, -0.1) is 0 Å². The molecule has 2 fully saturated rings. The Hall–Kier alpha value is -4.54. The van der Waals surface area contributed by atoms with Crippen LogP contribution in [0.2, 0.25) is 0 Å². The number of β-amino-alcohol motifs (C(OH)–C–C–N with tert-alkyl or cyclic N) is 1. The highest BCUT2D eigenvalue weighted by atomic mass is 19.1. The van der Waals surface area contributed by atoms with E-state index in [0.717, 1.165) is 25.9 Å². The van der Waals surface area contributed by atoms with E-state index in [1.54, 1.807) is 18.3 Å². The van der Waals surface area contributed by atoms with Gasteiger partial charge in [-0.1, -0.05) is 30.3 Å². The third kappa shape index (κ3) is 6.05. The van der Waals surface area contributed by atoms with Gasteiger partial charge in [-0.2, -0.15) is 5.10 Å². The van der Waals surface area contributed by atoms with Crippen LogP contribution in [0.5, 0.6) is 11.5 Å². The van der Waals surface area contributed by atoms with E-state index in [4.69, 9.17) is 4.74 Å². The molecular weight excluding hydrogens is 537 g/mol. The maximum absolute atomic E-state index is 15.4. The minimum Gasteiger partial charge on any atom is -0.457 e. The van der Waals surface area contributed by atoms with Crippen molar-refractivity contribution in [2.24, 2.45) is 5.10 Å². The lowest BCUT2D eigenvalue weighted by molar-refractivity contribution is 0.0953. The Balaban J connectivity index is 1.22. The van der Waals surface area contributed by atoms with Crippen LogP contribution in [-0.4, -0.2) is 66.0 Å². The summed E-state index contributed by atoms with van der Waals surface area (Å²) in [5.41, 5.74) is 3.59. The van der Waals surface area contributed by atoms with Crippen molar-refractivity contribution in [3.8, 4) is 11.5 Å². The van der Waals surface area contributed by atoms with Gasteiger partial charge in [0.05, 0.1) is 24.0 Å². The van der Waals surface area contributed by atoms with Gasteiger partial charge in [-0.3, -0.25) is 14.5 Å². The standard InChI is InChI=1S/C32H32FN5O4/c33-28-18-26-29(19-30(28)37-13-11-36(12-14-37)15-16-39)38(23-9-10-23)21-27(31(26)40)32(41)35-34-20-22-5-4-8-25(17-22)42-24-6-2-1-3-7-24/h1-8,17-21,23,39H,9-16H2,(H,35,41)/b34-20-. The van der Waals surface area contributed by atoms with Gasteiger partial charge in [-0.25, -0.2) is 9.82 Å². The average Bonchev–Trinajstić information content (AvgIpc) is 3.84. The van der Waals surface area contributed by atoms with Crippen LogP contribution in [0.1, 0.15) is 34.8 Å². The number of nitrogens with one attached hydrogen (secondary N) is 1. The van der Waals surface area contributed by atoms with Crippen LogP contribution in [-0.2, 0) is 0 Å². The van der Waals surface area contributed by atoms with Crippen molar-refractivity contribution in [1.82, 2.24) is 14.9 Å². The number of hydrazone groups is 1. The molecule has 9 nitrogen and oxygen atoms in total. The lowest BCUT2D eigenvalue weighted by atomic mass is 10.1. The Bertz CT molecular complexity index is 1680. The normalized spacial score (nSPS) is 15.8. The summed E-state index contributed by atoms with van der Waals surface area (Å²) >= 11 is 0. The minimum absolute atomic E-state index is 0.0857. The van der Waals surface area contributed by atoms with Gasteiger partial charge in [-0.05, 0) is 54.8 Å². The molecule has 0 radical (unpaired) electrons. The molecule has 1 aromatic heterocycles. The predicted molar refractivity (Wildman–Crippen MR) is 160 cm³/mol. The fourth-order valence-electron chi connectivity index (χ4n) is 5.28. The molecule has 1 amide bonds. The number of aliphatic hydroxyl groups excluding tert-OH is 1. The summed E-state index contributed by atoms with van der Waals surface area (Å²) in [7, 11) is 0. The highest BCUT2D eigenvalue weighted by Crippen LogP contribution is 2.38. The van der Waals surface area contributed by atoms with Gasteiger partial charge in [0.1, 0.15) is 22.9 Å². The zero-order valence-electron chi connectivity index (χ0n) is 23.1. The van der Waals surface area contributed by atoms with E-state index < -0.39 is 17.2 Å². The molecule has 1 aliphatic carbocycles. The van der Waals surface area contributed by atoms with E-state index in [0.29, 0.717) is 47.9 Å². The fraction of sp³-hybridized carbons (Fsp3) is 0.281. The molecule has 1 saturated carbocycles. The number of piperazine rings is 1. The molecule has 0 bridgehead atoms. The van der Waals surface area contributed by atoms with Crippen molar-refractivity contribution in [2.75, 3.05) is 44.2 Å². The van der Waals surface area contributed by atoms with Gasteiger partial charge in [0.15, 0.2) is 0 Å². The molecule has 42 heavy (non-hydrogen) atoms. The molecule has 3 aromatic carbocycles. The molecule has 0 atom stereocenters. The number of carbonyl (C=O) groups excluding carboxylic acids is 1. The van der Waals surface area contributed by atoms with Crippen molar-refractivity contribution in [3.05, 3.63) is 100 Å². The maximum Gasteiger partial charge on any atom is 0.276 e. The topological polar surface area (TPSA) is 99.4 Å². The number of aromatic nitrogens is 1. The molecule has 0 unspecified atom stereocenters. The lowest BCUT2D eigenvalue weighted by Gasteiger charge is -2.36. The molecule has 2 heterocycles. The number of anilines is 1. The average molecular weight is 570 g/mol. The molecule has 6 rings (SSSR count). The number of halogens is 1. The number of nitrogens with zero attached hydrogens (tertiary/aromatic N) is 4. The molecule has 1 aliphatic heterocycles. The number of benzene rings is 3.